The highest BCUT2D eigenvalue weighted by molar-refractivity contribution is 7.99. The van der Waals surface area contributed by atoms with E-state index in [-0.39, 0.29) is 5.82 Å². The van der Waals surface area contributed by atoms with E-state index in [9.17, 15) is 4.39 Å². The van der Waals surface area contributed by atoms with Crippen molar-refractivity contribution in [2.45, 2.75) is 42.4 Å². The van der Waals surface area contributed by atoms with Gasteiger partial charge in [-0.1, -0.05) is 30.0 Å². The summed E-state index contributed by atoms with van der Waals surface area (Å²) in [6.07, 6.45) is 2.26. The van der Waals surface area contributed by atoms with E-state index in [4.69, 9.17) is 0 Å². The van der Waals surface area contributed by atoms with E-state index < -0.39 is 0 Å². The fraction of sp³-hybridized carbons (Fsp3) is 0.368. The maximum atomic E-state index is 13.8. The molecule has 1 aliphatic heterocycles. The molecule has 1 nitrogen and oxygen atoms in total. The molecule has 1 saturated heterocycles. The molecule has 0 unspecified atom stereocenters. The van der Waals surface area contributed by atoms with Crippen LogP contribution in [0.3, 0.4) is 0 Å². The van der Waals surface area contributed by atoms with Gasteiger partial charge in [0.05, 0.1) is 0 Å². The van der Waals surface area contributed by atoms with Crippen molar-refractivity contribution in [2.75, 3.05) is 13.1 Å². The highest BCUT2D eigenvalue weighted by atomic mass is 32.2. The van der Waals surface area contributed by atoms with E-state index in [0.29, 0.717) is 5.92 Å². The van der Waals surface area contributed by atoms with Gasteiger partial charge in [0.25, 0.3) is 0 Å². The summed E-state index contributed by atoms with van der Waals surface area (Å²) >= 11 is 1.70. The molecule has 1 fully saturated rings. The van der Waals surface area contributed by atoms with Crippen LogP contribution in [0.25, 0.3) is 0 Å². The van der Waals surface area contributed by atoms with Gasteiger partial charge in [0.15, 0.2) is 0 Å². The Morgan fingerprint density at radius 1 is 1.05 bits per heavy atom. The van der Waals surface area contributed by atoms with Crippen molar-refractivity contribution in [3.05, 3.63) is 58.9 Å². The van der Waals surface area contributed by atoms with Crippen LogP contribution >= 0.6 is 11.8 Å². The van der Waals surface area contributed by atoms with E-state index in [0.717, 1.165) is 30.8 Å². The van der Waals surface area contributed by atoms with Gasteiger partial charge in [0.1, 0.15) is 5.82 Å². The Morgan fingerprint density at radius 3 is 2.59 bits per heavy atom. The van der Waals surface area contributed by atoms with Crippen LogP contribution < -0.4 is 5.32 Å². The molecule has 3 rings (SSSR count). The zero-order valence-corrected chi connectivity index (χ0v) is 14.0. The number of rotatable bonds is 3. The van der Waals surface area contributed by atoms with Gasteiger partial charge in [-0.15, -0.1) is 0 Å². The van der Waals surface area contributed by atoms with Crippen molar-refractivity contribution in [3.8, 4) is 0 Å². The van der Waals surface area contributed by atoms with Gasteiger partial charge >= 0.3 is 0 Å². The first-order valence-electron chi connectivity index (χ1n) is 7.89. The molecule has 0 saturated carbocycles. The number of aryl methyl sites for hydroxylation is 1. The Morgan fingerprint density at radius 2 is 1.82 bits per heavy atom. The molecule has 0 atom stereocenters. The lowest BCUT2D eigenvalue weighted by Gasteiger charge is -2.25. The molecular formula is C19H22FNS. The Labute approximate surface area is 136 Å². The summed E-state index contributed by atoms with van der Waals surface area (Å²) in [5.41, 5.74) is 3.87. The van der Waals surface area contributed by atoms with Crippen LogP contribution in [0.15, 0.2) is 46.2 Å². The van der Waals surface area contributed by atoms with Crippen LogP contribution in [0.2, 0.25) is 0 Å². The number of nitrogens with one attached hydrogen (secondary N) is 1. The summed E-state index contributed by atoms with van der Waals surface area (Å²) in [4.78, 5) is 2.29. The third-order valence-corrected chi connectivity index (χ3v) is 5.77. The summed E-state index contributed by atoms with van der Waals surface area (Å²) in [5, 5.41) is 3.40. The van der Waals surface area contributed by atoms with Crippen LogP contribution in [0.5, 0.6) is 0 Å². The van der Waals surface area contributed by atoms with Crippen molar-refractivity contribution < 1.29 is 4.39 Å². The van der Waals surface area contributed by atoms with E-state index in [1.54, 1.807) is 23.9 Å². The minimum Gasteiger partial charge on any atom is -0.317 e. The minimum atomic E-state index is -0.148. The molecule has 1 aliphatic rings. The molecule has 2 aromatic carbocycles. The smallest absolute Gasteiger partial charge is 0.124 e. The number of hydrogen-bond acceptors (Lipinski definition) is 2. The largest absolute Gasteiger partial charge is 0.317 e. The summed E-state index contributed by atoms with van der Waals surface area (Å²) < 4.78 is 13.8. The van der Waals surface area contributed by atoms with Crippen LogP contribution in [0, 0.1) is 19.7 Å². The molecule has 116 valence electrons. The van der Waals surface area contributed by atoms with E-state index >= 15 is 0 Å². The summed E-state index contributed by atoms with van der Waals surface area (Å²) in [6.45, 7) is 6.37. The molecule has 0 radical (unpaired) electrons. The molecule has 1 heterocycles. The second-order valence-corrected chi connectivity index (χ2v) is 7.09. The first kappa shape index (κ1) is 15.6. The van der Waals surface area contributed by atoms with E-state index in [2.05, 4.69) is 37.4 Å². The zero-order chi connectivity index (χ0) is 15.5. The SMILES string of the molecule is Cc1cccc(Sc2cc(F)ccc2C2CCNCC2)c1C. The third kappa shape index (κ3) is 3.36. The van der Waals surface area contributed by atoms with Crippen LogP contribution in [-0.4, -0.2) is 13.1 Å². The first-order valence-corrected chi connectivity index (χ1v) is 8.71. The summed E-state index contributed by atoms with van der Waals surface area (Å²) in [5.74, 6) is 0.389. The molecule has 22 heavy (non-hydrogen) atoms. The molecule has 0 aromatic heterocycles. The van der Waals surface area contributed by atoms with Gasteiger partial charge in [-0.3, -0.25) is 0 Å². The highest BCUT2D eigenvalue weighted by Crippen LogP contribution is 2.39. The monoisotopic (exact) mass is 315 g/mol. The van der Waals surface area contributed by atoms with Gasteiger partial charge in [0, 0.05) is 9.79 Å². The lowest BCUT2D eigenvalue weighted by Crippen LogP contribution is -2.26. The van der Waals surface area contributed by atoms with Crippen molar-refractivity contribution >= 4 is 11.8 Å². The fourth-order valence-electron chi connectivity index (χ4n) is 3.02. The Kier molecular flexibility index (Phi) is 4.84. The fourth-order valence-corrected chi connectivity index (χ4v) is 4.24. The molecule has 0 bridgehead atoms. The molecule has 1 N–H and O–H groups in total. The number of benzene rings is 2. The van der Waals surface area contributed by atoms with Crippen LogP contribution in [0.4, 0.5) is 4.39 Å². The van der Waals surface area contributed by atoms with Crippen molar-refractivity contribution in [2.24, 2.45) is 0 Å². The number of piperidine rings is 1. The second-order valence-electron chi connectivity index (χ2n) is 6.01. The van der Waals surface area contributed by atoms with Gasteiger partial charge in [-0.2, -0.15) is 0 Å². The van der Waals surface area contributed by atoms with E-state index in [1.807, 2.05) is 6.07 Å². The zero-order valence-electron chi connectivity index (χ0n) is 13.2. The number of halogens is 1. The average molecular weight is 315 g/mol. The molecule has 0 aliphatic carbocycles. The maximum absolute atomic E-state index is 13.8. The summed E-state index contributed by atoms with van der Waals surface area (Å²) in [7, 11) is 0. The van der Waals surface area contributed by atoms with Crippen LogP contribution in [0.1, 0.15) is 35.4 Å². The van der Waals surface area contributed by atoms with Gasteiger partial charge < -0.3 is 5.32 Å². The second kappa shape index (κ2) is 6.84. The Hall–Kier alpha value is -1.32. The maximum Gasteiger partial charge on any atom is 0.124 e. The first-order chi connectivity index (χ1) is 10.6. The normalized spacial score (nSPS) is 16.0. The van der Waals surface area contributed by atoms with Crippen molar-refractivity contribution in [3.63, 3.8) is 0 Å². The van der Waals surface area contributed by atoms with E-state index in [1.165, 1.54) is 21.6 Å². The molecule has 0 spiro atoms. The van der Waals surface area contributed by atoms with Gasteiger partial charge in [-0.05, 0) is 80.6 Å². The summed E-state index contributed by atoms with van der Waals surface area (Å²) in [6, 6.07) is 11.6. The third-order valence-electron chi connectivity index (χ3n) is 4.53. The number of hydrogen-bond donors (Lipinski definition) is 1. The molecule has 3 heteroatoms. The average Bonchev–Trinajstić information content (AvgIpc) is 2.53. The lowest BCUT2D eigenvalue weighted by atomic mass is 9.90. The van der Waals surface area contributed by atoms with Crippen molar-refractivity contribution in [1.29, 1.82) is 0 Å². The topological polar surface area (TPSA) is 12.0 Å². The highest BCUT2D eigenvalue weighted by Gasteiger charge is 2.19. The molecule has 0 amide bonds. The van der Waals surface area contributed by atoms with Gasteiger partial charge in [-0.25, -0.2) is 4.39 Å². The van der Waals surface area contributed by atoms with Gasteiger partial charge in [0.2, 0.25) is 0 Å². The Bertz CT molecular complexity index is 662. The van der Waals surface area contributed by atoms with Crippen LogP contribution in [-0.2, 0) is 0 Å². The predicted octanol–water partition coefficient (Wildman–Crippen LogP) is 5.06. The Balaban J connectivity index is 1.95. The molecule has 2 aromatic rings. The lowest BCUT2D eigenvalue weighted by molar-refractivity contribution is 0.455. The predicted molar refractivity (Wildman–Crippen MR) is 91.3 cm³/mol. The minimum absolute atomic E-state index is 0.148. The van der Waals surface area contributed by atoms with Crippen molar-refractivity contribution in [1.82, 2.24) is 5.32 Å². The molecular weight excluding hydrogens is 293 g/mol. The standard InChI is InChI=1S/C19H22FNS/c1-13-4-3-5-18(14(13)2)22-19-12-16(20)6-7-17(19)15-8-10-21-11-9-15/h3-7,12,15,21H,8-11H2,1-2H3. The quantitative estimate of drug-likeness (QED) is 0.849.